The lowest BCUT2D eigenvalue weighted by Crippen LogP contribution is -2.02. The van der Waals surface area contributed by atoms with Crippen molar-refractivity contribution in [1.82, 2.24) is 0 Å². The van der Waals surface area contributed by atoms with E-state index in [0.717, 1.165) is 44.7 Å². The van der Waals surface area contributed by atoms with Gasteiger partial charge in [-0.05, 0) is 70.2 Å². The average molecular weight is 530 g/mol. The van der Waals surface area contributed by atoms with Gasteiger partial charge in [0.2, 0.25) is 0 Å². The molecule has 0 fully saturated rings. The van der Waals surface area contributed by atoms with Gasteiger partial charge in [-0.15, -0.1) is 0 Å². The van der Waals surface area contributed by atoms with Gasteiger partial charge in [0.05, 0.1) is 20.4 Å². The number of hydrogen-bond donors (Lipinski definition) is 0. The fourth-order valence-corrected chi connectivity index (χ4v) is 3.34. The summed E-state index contributed by atoms with van der Waals surface area (Å²) in [6.45, 7) is 6.08. The maximum absolute atomic E-state index is 5.91. The second-order valence-electron chi connectivity index (χ2n) is 5.53. The Labute approximate surface area is 163 Å². The average Bonchev–Trinajstić information content (AvgIpc) is 2.51. The lowest BCUT2D eigenvalue weighted by molar-refractivity contribution is 0.293. The Morgan fingerprint density at radius 2 is 1.09 bits per heavy atom. The zero-order valence-electron chi connectivity index (χ0n) is 13.8. The molecular formula is C18H28I2O2. The van der Waals surface area contributed by atoms with E-state index in [2.05, 4.69) is 71.2 Å². The molecule has 126 valence electrons. The van der Waals surface area contributed by atoms with Crippen molar-refractivity contribution in [3.8, 4) is 11.5 Å². The molecule has 1 aromatic rings. The van der Waals surface area contributed by atoms with Crippen LogP contribution in [-0.2, 0) is 0 Å². The van der Waals surface area contributed by atoms with Crippen LogP contribution < -0.4 is 9.47 Å². The maximum Gasteiger partial charge on any atom is 0.133 e. The van der Waals surface area contributed by atoms with Gasteiger partial charge in [-0.25, -0.2) is 0 Å². The van der Waals surface area contributed by atoms with Gasteiger partial charge in [0.25, 0.3) is 0 Å². The van der Waals surface area contributed by atoms with Crippen LogP contribution >= 0.6 is 45.2 Å². The van der Waals surface area contributed by atoms with E-state index in [9.17, 15) is 0 Å². The first-order valence-corrected chi connectivity index (χ1v) is 10.6. The first-order chi connectivity index (χ1) is 10.7. The second kappa shape index (κ2) is 12.7. The zero-order valence-corrected chi connectivity index (χ0v) is 18.1. The lowest BCUT2D eigenvalue weighted by Gasteiger charge is -2.13. The fourth-order valence-electron chi connectivity index (χ4n) is 2.15. The van der Waals surface area contributed by atoms with Gasteiger partial charge in [-0.3, -0.25) is 0 Å². The number of halogens is 2. The molecule has 0 aliphatic heterocycles. The Balaban J connectivity index is 2.42. The smallest absolute Gasteiger partial charge is 0.133 e. The SMILES string of the molecule is CCCCCCOc1cc(I)c(OCCCCCC)cc1I. The highest BCUT2D eigenvalue weighted by atomic mass is 127. The van der Waals surface area contributed by atoms with Crippen molar-refractivity contribution in [2.75, 3.05) is 13.2 Å². The van der Waals surface area contributed by atoms with Gasteiger partial charge in [0, 0.05) is 0 Å². The molecule has 1 rings (SSSR count). The molecule has 0 unspecified atom stereocenters. The lowest BCUT2D eigenvalue weighted by atomic mass is 10.2. The van der Waals surface area contributed by atoms with Crippen molar-refractivity contribution < 1.29 is 9.47 Å². The normalized spacial score (nSPS) is 10.7. The molecule has 0 bridgehead atoms. The van der Waals surface area contributed by atoms with E-state index in [-0.39, 0.29) is 0 Å². The highest BCUT2D eigenvalue weighted by Crippen LogP contribution is 2.31. The predicted octanol–water partition coefficient (Wildman–Crippen LogP) is 6.81. The monoisotopic (exact) mass is 530 g/mol. The molecule has 1 aromatic carbocycles. The quantitative estimate of drug-likeness (QED) is 0.218. The predicted molar refractivity (Wildman–Crippen MR) is 111 cm³/mol. The number of hydrogen-bond acceptors (Lipinski definition) is 2. The third kappa shape index (κ3) is 8.22. The van der Waals surface area contributed by atoms with Crippen LogP contribution in [0.3, 0.4) is 0 Å². The van der Waals surface area contributed by atoms with Crippen molar-refractivity contribution in [2.24, 2.45) is 0 Å². The Morgan fingerprint density at radius 1 is 0.682 bits per heavy atom. The Hall–Kier alpha value is 0.280. The summed E-state index contributed by atoms with van der Waals surface area (Å²) in [5.41, 5.74) is 0. The summed E-state index contributed by atoms with van der Waals surface area (Å²) < 4.78 is 14.1. The van der Waals surface area contributed by atoms with E-state index in [1.165, 1.54) is 38.5 Å². The van der Waals surface area contributed by atoms with E-state index in [0.29, 0.717) is 0 Å². The minimum atomic E-state index is 0.809. The maximum atomic E-state index is 5.91. The molecule has 22 heavy (non-hydrogen) atoms. The fraction of sp³-hybridized carbons (Fsp3) is 0.667. The molecule has 0 saturated heterocycles. The summed E-state index contributed by atoms with van der Waals surface area (Å²) in [7, 11) is 0. The number of benzene rings is 1. The summed E-state index contributed by atoms with van der Waals surface area (Å²) in [6, 6.07) is 4.20. The van der Waals surface area contributed by atoms with Crippen molar-refractivity contribution in [2.45, 2.75) is 65.2 Å². The van der Waals surface area contributed by atoms with Crippen LogP contribution in [0, 0.1) is 7.14 Å². The van der Waals surface area contributed by atoms with Gasteiger partial charge in [-0.2, -0.15) is 0 Å². The summed E-state index contributed by atoms with van der Waals surface area (Å²) in [6.07, 6.45) is 9.89. The van der Waals surface area contributed by atoms with Gasteiger partial charge < -0.3 is 9.47 Å². The van der Waals surface area contributed by atoms with Crippen LogP contribution in [0.1, 0.15) is 65.2 Å². The van der Waals surface area contributed by atoms with E-state index in [1.807, 2.05) is 0 Å². The van der Waals surface area contributed by atoms with Gasteiger partial charge in [-0.1, -0.05) is 52.4 Å². The topological polar surface area (TPSA) is 18.5 Å². The van der Waals surface area contributed by atoms with E-state index in [1.54, 1.807) is 0 Å². The van der Waals surface area contributed by atoms with Crippen LogP contribution in [-0.4, -0.2) is 13.2 Å². The summed E-state index contributed by atoms with van der Waals surface area (Å²) >= 11 is 4.67. The van der Waals surface area contributed by atoms with Crippen molar-refractivity contribution >= 4 is 45.2 Å². The number of rotatable bonds is 12. The number of unbranched alkanes of at least 4 members (excludes halogenated alkanes) is 6. The summed E-state index contributed by atoms with van der Waals surface area (Å²) in [4.78, 5) is 0. The van der Waals surface area contributed by atoms with Crippen LogP contribution in [0.5, 0.6) is 11.5 Å². The third-order valence-electron chi connectivity index (χ3n) is 3.50. The van der Waals surface area contributed by atoms with E-state index < -0.39 is 0 Å². The molecule has 0 atom stereocenters. The third-order valence-corrected chi connectivity index (χ3v) is 5.18. The summed E-state index contributed by atoms with van der Waals surface area (Å²) in [5, 5.41) is 0. The molecule has 2 nitrogen and oxygen atoms in total. The largest absolute Gasteiger partial charge is 0.492 e. The molecule has 0 aliphatic rings. The molecule has 0 aromatic heterocycles. The molecular weight excluding hydrogens is 502 g/mol. The molecule has 0 heterocycles. The molecule has 0 saturated carbocycles. The van der Waals surface area contributed by atoms with Crippen molar-refractivity contribution in [1.29, 1.82) is 0 Å². The van der Waals surface area contributed by atoms with E-state index >= 15 is 0 Å². The second-order valence-corrected chi connectivity index (χ2v) is 7.86. The molecule has 0 radical (unpaired) electrons. The molecule has 4 heteroatoms. The molecule has 0 amide bonds. The minimum absolute atomic E-state index is 0.809. The van der Waals surface area contributed by atoms with Crippen molar-refractivity contribution in [3.63, 3.8) is 0 Å². The van der Waals surface area contributed by atoms with Gasteiger partial charge in [0.1, 0.15) is 11.5 Å². The van der Waals surface area contributed by atoms with Crippen LogP contribution in [0.4, 0.5) is 0 Å². The van der Waals surface area contributed by atoms with Crippen LogP contribution in [0.2, 0.25) is 0 Å². The van der Waals surface area contributed by atoms with Crippen molar-refractivity contribution in [3.05, 3.63) is 19.3 Å². The van der Waals surface area contributed by atoms with Crippen LogP contribution in [0.25, 0.3) is 0 Å². The highest BCUT2D eigenvalue weighted by Gasteiger charge is 2.09. The Kier molecular flexibility index (Phi) is 11.7. The van der Waals surface area contributed by atoms with Crippen LogP contribution in [0.15, 0.2) is 12.1 Å². The molecule has 0 spiro atoms. The molecule has 0 aliphatic carbocycles. The minimum Gasteiger partial charge on any atom is -0.492 e. The zero-order chi connectivity index (χ0) is 16.2. The highest BCUT2D eigenvalue weighted by molar-refractivity contribution is 14.1. The molecule has 0 N–H and O–H groups in total. The summed E-state index contributed by atoms with van der Waals surface area (Å²) in [5.74, 6) is 1.97. The first kappa shape index (κ1) is 20.3. The van der Waals surface area contributed by atoms with E-state index in [4.69, 9.17) is 9.47 Å². The first-order valence-electron chi connectivity index (χ1n) is 8.43. The van der Waals surface area contributed by atoms with Gasteiger partial charge in [0.15, 0.2) is 0 Å². The standard InChI is InChI=1S/C18H28I2O2/c1-3-5-7-9-11-21-17-13-16(20)18(14-15(17)19)22-12-10-8-6-4-2/h13-14H,3-12H2,1-2H3. The Bertz CT molecular complexity index is 382. The Morgan fingerprint density at radius 3 is 1.45 bits per heavy atom. The van der Waals surface area contributed by atoms with Gasteiger partial charge >= 0.3 is 0 Å². The number of ether oxygens (including phenoxy) is 2.